The SMILES string of the molecule is COc1ccc(-c2nc3c(C)cc(N4CCN(C)CC4)cc3[nH]2)cc1C. The van der Waals surface area contributed by atoms with Crippen molar-refractivity contribution in [1.82, 2.24) is 14.9 Å². The van der Waals surface area contributed by atoms with Crippen LogP contribution in [0.15, 0.2) is 30.3 Å². The lowest BCUT2D eigenvalue weighted by molar-refractivity contribution is 0.313. The molecule has 0 radical (unpaired) electrons. The fourth-order valence-corrected chi connectivity index (χ4v) is 3.68. The van der Waals surface area contributed by atoms with Crippen LogP contribution >= 0.6 is 0 Å². The molecule has 0 unspecified atom stereocenters. The molecule has 2 aromatic carbocycles. The molecule has 1 aliphatic heterocycles. The van der Waals surface area contributed by atoms with Crippen molar-refractivity contribution in [3.05, 3.63) is 41.5 Å². The molecule has 136 valence electrons. The van der Waals surface area contributed by atoms with E-state index in [-0.39, 0.29) is 0 Å². The number of piperazine rings is 1. The Kier molecular flexibility index (Phi) is 4.32. The third-order valence-corrected chi connectivity index (χ3v) is 5.30. The van der Waals surface area contributed by atoms with Crippen LogP contribution in [0.3, 0.4) is 0 Å². The third-order valence-electron chi connectivity index (χ3n) is 5.30. The molecule has 3 aromatic rings. The number of nitrogens with zero attached hydrogens (tertiary/aromatic N) is 3. The molecule has 0 bridgehead atoms. The quantitative estimate of drug-likeness (QED) is 0.784. The Morgan fingerprint density at radius 1 is 1.00 bits per heavy atom. The second kappa shape index (κ2) is 6.65. The van der Waals surface area contributed by atoms with E-state index in [9.17, 15) is 0 Å². The Morgan fingerprint density at radius 3 is 2.46 bits per heavy atom. The Hall–Kier alpha value is -2.53. The van der Waals surface area contributed by atoms with Crippen molar-refractivity contribution in [2.75, 3.05) is 45.2 Å². The number of aromatic nitrogens is 2. The summed E-state index contributed by atoms with van der Waals surface area (Å²) in [6.45, 7) is 8.56. The number of anilines is 1. The molecule has 1 fully saturated rings. The van der Waals surface area contributed by atoms with Crippen molar-refractivity contribution in [3.8, 4) is 17.1 Å². The molecule has 4 rings (SSSR count). The highest BCUT2D eigenvalue weighted by Crippen LogP contribution is 2.30. The van der Waals surface area contributed by atoms with Crippen molar-refractivity contribution in [2.45, 2.75) is 13.8 Å². The highest BCUT2D eigenvalue weighted by molar-refractivity contribution is 5.86. The summed E-state index contributed by atoms with van der Waals surface area (Å²) < 4.78 is 5.36. The van der Waals surface area contributed by atoms with Crippen LogP contribution in [0.5, 0.6) is 5.75 Å². The molecule has 2 heterocycles. The summed E-state index contributed by atoms with van der Waals surface area (Å²) >= 11 is 0. The maximum atomic E-state index is 5.36. The lowest BCUT2D eigenvalue weighted by atomic mass is 10.1. The van der Waals surface area contributed by atoms with Gasteiger partial charge in [0.1, 0.15) is 11.6 Å². The number of aromatic amines is 1. The average Bonchev–Trinajstić information content (AvgIpc) is 3.07. The van der Waals surface area contributed by atoms with Crippen LogP contribution in [0.1, 0.15) is 11.1 Å². The summed E-state index contributed by atoms with van der Waals surface area (Å²) in [6.07, 6.45) is 0. The van der Waals surface area contributed by atoms with E-state index in [0.717, 1.165) is 59.9 Å². The first kappa shape index (κ1) is 16.9. The molecule has 5 nitrogen and oxygen atoms in total. The van der Waals surface area contributed by atoms with E-state index in [1.54, 1.807) is 7.11 Å². The molecular weight excluding hydrogens is 324 g/mol. The van der Waals surface area contributed by atoms with Gasteiger partial charge in [0.05, 0.1) is 18.1 Å². The van der Waals surface area contributed by atoms with Crippen molar-refractivity contribution < 1.29 is 4.74 Å². The molecule has 5 heteroatoms. The Labute approximate surface area is 154 Å². The second-order valence-electron chi connectivity index (χ2n) is 7.22. The molecule has 0 saturated carbocycles. The maximum absolute atomic E-state index is 5.36. The Balaban J connectivity index is 1.71. The minimum atomic E-state index is 0.901. The second-order valence-corrected chi connectivity index (χ2v) is 7.22. The number of hydrogen-bond donors (Lipinski definition) is 1. The van der Waals surface area contributed by atoms with Crippen molar-refractivity contribution in [2.24, 2.45) is 0 Å². The van der Waals surface area contributed by atoms with Crippen LogP contribution in [-0.2, 0) is 0 Å². The van der Waals surface area contributed by atoms with Gasteiger partial charge in [-0.2, -0.15) is 0 Å². The monoisotopic (exact) mass is 350 g/mol. The number of likely N-dealkylation sites (N-methyl/N-ethyl adjacent to an activating group) is 1. The van der Waals surface area contributed by atoms with Crippen molar-refractivity contribution >= 4 is 16.7 Å². The minimum Gasteiger partial charge on any atom is -0.496 e. The van der Waals surface area contributed by atoms with Gasteiger partial charge >= 0.3 is 0 Å². The molecular formula is C21H26N4O. The first-order valence-corrected chi connectivity index (χ1v) is 9.14. The van der Waals surface area contributed by atoms with Gasteiger partial charge in [0.15, 0.2) is 0 Å². The summed E-state index contributed by atoms with van der Waals surface area (Å²) in [5.74, 6) is 1.81. The topological polar surface area (TPSA) is 44.4 Å². The number of nitrogens with one attached hydrogen (secondary N) is 1. The fourth-order valence-electron chi connectivity index (χ4n) is 3.68. The Bertz CT molecular complexity index is 939. The lowest BCUT2D eigenvalue weighted by Crippen LogP contribution is -2.44. The number of rotatable bonds is 3. The van der Waals surface area contributed by atoms with Crippen molar-refractivity contribution in [3.63, 3.8) is 0 Å². The van der Waals surface area contributed by atoms with Crippen LogP contribution in [-0.4, -0.2) is 55.2 Å². The molecule has 1 aliphatic rings. The number of imidazole rings is 1. The molecule has 0 spiro atoms. The van der Waals surface area contributed by atoms with Gasteiger partial charge in [-0.1, -0.05) is 0 Å². The number of fused-ring (bicyclic) bond motifs is 1. The van der Waals surface area contributed by atoms with Crippen LogP contribution in [0, 0.1) is 13.8 Å². The van der Waals surface area contributed by atoms with Crippen LogP contribution in [0.2, 0.25) is 0 Å². The van der Waals surface area contributed by atoms with Gasteiger partial charge in [0.2, 0.25) is 0 Å². The summed E-state index contributed by atoms with van der Waals surface area (Å²) in [7, 11) is 3.89. The molecule has 0 atom stereocenters. The molecule has 1 N–H and O–H groups in total. The molecule has 0 amide bonds. The average molecular weight is 350 g/mol. The van der Waals surface area contributed by atoms with E-state index in [4.69, 9.17) is 9.72 Å². The number of aryl methyl sites for hydroxylation is 2. The number of benzene rings is 2. The fraction of sp³-hybridized carbons (Fsp3) is 0.381. The summed E-state index contributed by atoms with van der Waals surface area (Å²) in [5, 5.41) is 0. The highest BCUT2D eigenvalue weighted by atomic mass is 16.5. The van der Waals surface area contributed by atoms with Crippen LogP contribution < -0.4 is 9.64 Å². The smallest absolute Gasteiger partial charge is 0.138 e. The Morgan fingerprint density at radius 2 is 1.77 bits per heavy atom. The minimum absolute atomic E-state index is 0.901. The normalized spacial score (nSPS) is 15.6. The van der Waals surface area contributed by atoms with Gasteiger partial charge in [0.25, 0.3) is 0 Å². The van der Waals surface area contributed by atoms with Crippen molar-refractivity contribution in [1.29, 1.82) is 0 Å². The van der Waals surface area contributed by atoms with E-state index < -0.39 is 0 Å². The predicted octanol–water partition coefficient (Wildman–Crippen LogP) is 3.61. The van der Waals surface area contributed by atoms with E-state index in [1.165, 1.54) is 11.3 Å². The van der Waals surface area contributed by atoms with E-state index in [1.807, 2.05) is 6.07 Å². The van der Waals surface area contributed by atoms with E-state index >= 15 is 0 Å². The van der Waals surface area contributed by atoms with E-state index in [0.29, 0.717) is 0 Å². The number of methoxy groups -OCH3 is 1. The molecule has 26 heavy (non-hydrogen) atoms. The summed E-state index contributed by atoms with van der Waals surface area (Å²) in [6, 6.07) is 10.7. The first-order chi connectivity index (χ1) is 12.5. The molecule has 1 aromatic heterocycles. The molecule has 1 saturated heterocycles. The van der Waals surface area contributed by atoms with Gasteiger partial charge in [0, 0.05) is 37.4 Å². The zero-order chi connectivity index (χ0) is 18.3. The predicted molar refractivity (Wildman–Crippen MR) is 107 cm³/mol. The zero-order valence-electron chi connectivity index (χ0n) is 16.0. The lowest BCUT2D eigenvalue weighted by Gasteiger charge is -2.34. The number of H-pyrrole nitrogens is 1. The number of hydrogen-bond acceptors (Lipinski definition) is 4. The summed E-state index contributed by atoms with van der Waals surface area (Å²) in [5.41, 5.74) is 6.84. The van der Waals surface area contributed by atoms with E-state index in [2.05, 4.69) is 59.9 Å². The largest absolute Gasteiger partial charge is 0.496 e. The standard InChI is InChI=1S/C21H26N4O/c1-14-11-16(5-6-19(14)26-4)21-22-18-13-17(12-15(2)20(18)23-21)25-9-7-24(3)8-10-25/h5-6,11-13H,7-10H2,1-4H3,(H,22,23). The van der Waals surface area contributed by atoms with Crippen LogP contribution in [0.25, 0.3) is 22.4 Å². The van der Waals surface area contributed by atoms with Gasteiger partial charge in [-0.3, -0.25) is 0 Å². The third kappa shape index (κ3) is 3.03. The number of ether oxygens (including phenoxy) is 1. The molecule has 0 aliphatic carbocycles. The maximum Gasteiger partial charge on any atom is 0.138 e. The van der Waals surface area contributed by atoms with Gasteiger partial charge in [-0.05, 0) is 62.4 Å². The van der Waals surface area contributed by atoms with Gasteiger partial charge < -0.3 is 19.5 Å². The first-order valence-electron chi connectivity index (χ1n) is 9.14. The van der Waals surface area contributed by atoms with Gasteiger partial charge in [-0.25, -0.2) is 4.98 Å². The van der Waals surface area contributed by atoms with Gasteiger partial charge in [-0.15, -0.1) is 0 Å². The summed E-state index contributed by atoms with van der Waals surface area (Å²) in [4.78, 5) is 13.2. The zero-order valence-corrected chi connectivity index (χ0v) is 16.0. The van der Waals surface area contributed by atoms with Crippen LogP contribution in [0.4, 0.5) is 5.69 Å². The highest BCUT2D eigenvalue weighted by Gasteiger charge is 2.17.